The van der Waals surface area contributed by atoms with Crippen molar-refractivity contribution >= 4 is 15.7 Å². The molecule has 116 valence electrons. The van der Waals surface area contributed by atoms with Gasteiger partial charge in [0, 0.05) is 6.04 Å². The first-order chi connectivity index (χ1) is 10.4. The molecule has 22 heavy (non-hydrogen) atoms. The highest BCUT2D eigenvalue weighted by Gasteiger charge is 2.36. The number of aryl methyl sites for hydroxylation is 1. The molecule has 1 aliphatic heterocycles. The summed E-state index contributed by atoms with van der Waals surface area (Å²) >= 11 is 0. The molecule has 0 saturated heterocycles. The Morgan fingerprint density at radius 3 is 2.59 bits per heavy atom. The number of sulfonamides is 1. The third kappa shape index (κ3) is 2.25. The highest BCUT2D eigenvalue weighted by Crippen LogP contribution is 2.37. The second-order valence-corrected chi connectivity index (χ2v) is 7.40. The van der Waals surface area contributed by atoms with Gasteiger partial charge in [0.25, 0.3) is 10.0 Å². The number of nitrogens with zero attached hydrogens (tertiary/aromatic N) is 1. The molecule has 0 aliphatic carbocycles. The number of hydrogen-bond donors (Lipinski definition) is 0. The molecule has 0 aromatic heterocycles. The van der Waals surface area contributed by atoms with Crippen LogP contribution in [0.3, 0.4) is 0 Å². The Balaban J connectivity index is 2.11. The smallest absolute Gasteiger partial charge is 0.264 e. The number of para-hydroxylation sites is 1. The summed E-state index contributed by atoms with van der Waals surface area (Å²) in [5.74, 6) is 0.659. The highest BCUT2D eigenvalue weighted by molar-refractivity contribution is 7.93. The Kier molecular flexibility index (Phi) is 3.60. The standard InChI is InChI=1S/C17H19NO3S/c1-12-10-15(21-3)8-9-17(12)22(19,20)18-13(2)11-14-6-4-5-7-16(14)18/h4-10,13H,11H2,1-3H3. The lowest BCUT2D eigenvalue weighted by Crippen LogP contribution is -2.36. The third-order valence-electron chi connectivity index (χ3n) is 4.06. The molecule has 0 fully saturated rings. The summed E-state index contributed by atoms with van der Waals surface area (Å²) in [7, 11) is -2.01. The second-order valence-electron chi connectivity index (χ2n) is 5.61. The van der Waals surface area contributed by atoms with Crippen LogP contribution < -0.4 is 9.04 Å². The number of rotatable bonds is 3. The minimum atomic E-state index is -3.58. The normalized spacial score (nSPS) is 17.4. The van der Waals surface area contributed by atoms with Gasteiger partial charge in [-0.05, 0) is 55.7 Å². The molecule has 0 radical (unpaired) electrons. The summed E-state index contributed by atoms with van der Waals surface area (Å²) < 4.78 is 32.9. The summed E-state index contributed by atoms with van der Waals surface area (Å²) in [6, 6.07) is 12.7. The average Bonchev–Trinajstić information content (AvgIpc) is 2.83. The van der Waals surface area contributed by atoms with Crippen molar-refractivity contribution in [3.05, 3.63) is 53.6 Å². The minimum absolute atomic E-state index is 0.0797. The van der Waals surface area contributed by atoms with Crippen molar-refractivity contribution in [3.8, 4) is 5.75 Å². The Morgan fingerprint density at radius 2 is 1.91 bits per heavy atom. The first kappa shape index (κ1) is 14.9. The van der Waals surface area contributed by atoms with Gasteiger partial charge in [0.2, 0.25) is 0 Å². The SMILES string of the molecule is COc1ccc(S(=O)(=O)N2c3ccccc3CC2C)c(C)c1. The Bertz CT molecular complexity index is 814. The van der Waals surface area contributed by atoms with Gasteiger partial charge in [-0.1, -0.05) is 18.2 Å². The average molecular weight is 317 g/mol. The van der Waals surface area contributed by atoms with E-state index in [1.165, 1.54) is 4.31 Å². The zero-order valence-electron chi connectivity index (χ0n) is 12.9. The number of hydrogen-bond acceptors (Lipinski definition) is 3. The Labute approximate surface area is 131 Å². The lowest BCUT2D eigenvalue weighted by molar-refractivity contribution is 0.414. The molecular weight excluding hydrogens is 298 g/mol. The molecule has 5 heteroatoms. The highest BCUT2D eigenvalue weighted by atomic mass is 32.2. The molecular formula is C17H19NO3S. The summed E-state index contributed by atoms with van der Waals surface area (Å²) in [6.45, 7) is 3.73. The summed E-state index contributed by atoms with van der Waals surface area (Å²) in [5, 5.41) is 0. The maximum Gasteiger partial charge on any atom is 0.264 e. The predicted octanol–water partition coefficient (Wildman–Crippen LogP) is 3.14. The minimum Gasteiger partial charge on any atom is -0.497 e. The Hall–Kier alpha value is -2.01. The van der Waals surface area contributed by atoms with Crippen LogP contribution in [-0.2, 0) is 16.4 Å². The van der Waals surface area contributed by atoms with E-state index >= 15 is 0 Å². The van der Waals surface area contributed by atoms with Gasteiger partial charge in [-0.25, -0.2) is 8.42 Å². The molecule has 2 aromatic rings. The van der Waals surface area contributed by atoms with E-state index in [0.29, 0.717) is 16.2 Å². The maximum absolute atomic E-state index is 13.1. The first-order valence-corrected chi connectivity index (χ1v) is 8.66. The van der Waals surface area contributed by atoms with Crippen molar-refractivity contribution < 1.29 is 13.2 Å². The molecule has 1 heterocycles. The molecule has 0 N–H and O–H groups in total. The van der Waals surface area contributed by atoms with Gasteiger partial charge in [0.1, 0.15) is 5.75 Å². The van der Waals surface area contributed by atoms with Gasteiger partial charge >= 0.3 is 0 Å². The maximum atomic E-state index is 13.1. The molecule has 0 amide bonds. The lowest BCUT2D eigenvalue weighted by Gasteiger charge is -2.25. The summed E-state index contributed by atoms with van der Waals surface area (Å²) in [5.41, 5.74) is 2.55. The molecule has 1 aliphatic rings. The number of methoxy groups -OCH3 is 1. The van der Waals surface area contributed by atoms with E-state index in [1.54, 1.807) is 32.2 Å². The molecule has 0 bridgehead atoms. The molecule has 2 aromatic carbocycles. The molecule has 1 unspecified atom stereocenters. The van der Waals surface area contributed by atoms with Crippen LogP contribution in [0, 0.1) is 6.92 Å². The number of benzene rings is 2. The van der Waals surface area contributed by atoms with Crippen LogP contribution in [-0.4, -0.2) is 21.6 Å². The van der Waals surface area contributed by atoms with Crippen molar-refractivity contribution in [3.63, 3.8) is 0 Å². The van der Waals surface area contributed by atoms with E-state index in [-0.39, 0.29) is 6.04 Å². The molecule has 0 saturated carbocycles. The molecule has 3 rings (SSSR count). The fraction of sp³-hybridized carbons (Fsp3) is 0.294. The Morgan fingerprint density at radius 1 is 1.18 bits per heavy atom. The van der Waals surface area contributed by atoms with Crippen LogP contribution in [0.2, 0.25) is 0 Å². The predicted molar refractivity (Wildman–Crippen MR) is 87.0 cm³/mol. The monoisotopic (exact) mass is 317 g/mol. The van der Waals surface area contributed by atoms with Crippen molar-refractivity contribution in [1.82, 2.24) is 0 Å². The van der Waals surface area contributed by atoms with E-state index in [9.17, 15) is 8.42 Å². The van der Waals surface area contributed by atoms with E-state index in [2.05, 4.69) is 0 Å². The fourth-order valence-electron chi connectivity index (χ4n) is 3.05. The number of fused-ring (bicyclic) bond motifs is 1. The largest absolute Gasteiger partial charge is 0.497 e. The van der Waals surface area contributed by atoms with Crippen molar-refractivity contribution in [2.75, 3.05) is 11.4 Å². The third-order valence-corrected chi connectivity index (χ3v) is 6.15. The van der Waals surface area contributed by atoms with E-state index in [4.69, 9.17) is 4.74 Å². The van der Waals surface area contributed by atoms with Gasteiger partial charge in [-0.3, -0.25) is 4.31 Å². The topological polar surface area (TPSA) is 46.6 Å². The quantitative estimate of drug-likeness (QED) is 0.873. The van der Waals surface area contributed by atoms with Crippen LogP contribution in [0.15, 0.2) is 47.4 Å². The number of anilines is 1. The zero-order chi connectivity index (χ0) is 15.9. The van der Waals surface area contributed by atoms with Gasteiger partial charge in [-0.2, -0.15) is 0 Å². The zero-order valence-corrected chi connectivity index (χ0v) is 13.7. The summed E-state index contributed by atoms with van der Waals surface area (Å²) in [4.78, 5) is 0.330. The van der Waals surface area contributed by atoms with E-state index in [0.717, 1.165) is 17.7 Å². The lowest BCUT2D eigenvalue weighted by atomic mass is 10.1. The van der Waals surface area contributed by atoms with Crippen LogP contribution >= 0.6 is 0 Å². The van der Waals surface area contributed by atoms with Crippen LogP contribution in [0.5, 0.6) is 5.75 Å². The molecule has 0 spiro atoms. The van der Waals surface area contributed by atoms with E-state index < -0.39 is 10.0 Å². The van der Waals surface area contributed by atoms with E-state index in [1.807, 2.05) is 31.2 Å². The number of ether oxygens (including phenoxy) is 1. The van der Waals surface area contributed by atoms with Crippen LogP contribution in [0.4, 0.5) is 5.69 Å². The van der Waals surface area contributed by atoms with Crippen molar-refractivity contribution in [1.29, 1.82) is 0 Å². The van der Waals surface area contributed by atoms with Crippen molar-refractivity contribution in [2.24, 2.45) is 0 Å². The van der Waals surface area contributed by atoms with Crippen LogP contribution in [0.1, 0.15) is 18.1 Å². The summed E-state index contributed by atoms with van der Waals surface area (Å²) in [6.07, 6.45) is 0.741. The molecule has 4 nitrogen and oxygen atoms in total. The van der Waals surface area contributed by atoms with Crippen LogP contribution in [0.25, 0.3) is 0 Å². The van der Waals surface area contributed by atoms with Gasteiger partial charge in [-0.15, -0.1) is 0 Å². The molecule has 1 atom stereocenters. The fourth-order valence-corrected chi connectivity index (χ4v) is 4.95. The van der Waals surface area contributed by atoms with Gasteiger partial charge in [0.15, 0.2) is 0 Å². The van der Waals surface area contributed by atoms with Gasteiger partial charge in [0.05, 0.1) is 17.7 Å². The van der Waals surface area contributed by atoms with Gasteiger partial charge < -0.3 is 4.74 Å². The first-order valence-electron chi connectivity index (χ1n) is 7.22. The van der Waals surface area contributed by atoms with Crippen molar-refractivity contribution in [2.45, 2.75) is 31.2 Å². The second kappa shape index (κ2) is 5.32.